The zero-order chi connectivity index (χ0) is 17.3. The summed E-state index contributed by atoms with van der Waals surface area (Å²) >= 11 is 0. The molecule has 4 aromatic carbocycles. The lowest BCUT2D eigenvalue weighted by Crippen LogP contribution is -1.94. The highest BCUT2D eigenvalue weighted by Gasteiger charge is 2.15. The predicted molar refractivity (Wildman–Crippen MR) is 112 cm³/mol. The molecular formula is C26H18. The molecule has 0 aliphatic heterocycles. The Morgan fingerprint density at radius 2 is 0.923 bits per heavy atom. The van der Waals surface area contributed by atoms with E-state index in [9.17, 15) is 0 Å². The first-order valence-electron chi connectivity index (χ1n) is 8.97. The van der Waals surface area contributed by atoms with Crippen molar-refractivity contribution < 1.29 is 0 Å². The molecule has 1 aliphatic rings. The molecule has 26 heavy (non-hydrogen) atoms. The summed E-state index contributed by atoms with van der Waals surface area (Å²) in [5.41, 5.74) is 5.12. The first-order chi connectivity index (χ1) is 12.9. The van der Waals surface area contributed by atoms with Gasteiger partial charge in [0.05, 0.1) is 0 Å². The standard InChI is InChI=1S/C26H18/c1-2-12-21(11-1)26(24-17-7-13-19-9-3-5-15-22(19)24)25-18-8-14-20-10-4-6-16-23(20)25/h1-18H. The topological polar surface area (TPSA) is 0 Å². The van der Waals surface area contributed by atoms with Crippen LogP contribution in [-0.2, 0) is 0 Å². The number of fused-ring (bicyclic) bond motifs is 2. The van der Waals surface area contributed by atoms with E-state index in [0.29, 0.717) is 0 Å². The maximum Gasteiger partial charge on any atom is -0.00264 e. The quantitative estimate of drug-likeness (QED) is 0.374. The van der Waals surface area contributed by atoms with Gasteiger partial charge in [0, 0.05) is 0 Å². The third-order valence-corrected chi connectivity index (χ3v) is 5.07. The number of allylic oxidation sites excluding steroid dienone is 5. The summed E-state index contributed by atoms with van der Waals surface area (Å²) in [6.45, 7) is 0. The van der Waals surface area contributed by atoms with Crippen LogP contribution in [0.15, 0.2) is 115 Å². The predicted octanol–water partition coefficient (Wildman–Crippen LogP) is 6.92. The highest BCUT2D eigenvalue weighted by atomic mass is 14.2. The zero-order valence-corrected chi connectivity index (χ0v) is 14.4. The molecule has 0 aromatic heterocycles. The van der Waals surface area contributed by atoms with Gasteiger partial charge in [-0.3, -0.25) is 0 Å². The minimum absolute atomic E-state index is 1.26. The molecule has 0 nitrogen and oxygen atoms in total. The molecule has 0 saturated carbocycles. The van der Waals surface area contributed by atoms with Crippen molar-refractivity contribution in [2.75, 3.05) is 0 Å². The van der Waals surface area contributed by atoms with Crippen LogP contribution in [-0.4, -0.2) is 0 Å². The van der Waals surface area contributed by atoms with E-state index in [1.165, 1.54) is 43.8 Å². The Kier molecular flexibility index (Phi) is 3.54. The van der Waals surface area contributed by atoms with Crippen LogP contribution >= 0.6 is 0 Å². The van der Waals surface area contributed by atoms with E-state index >= 15 is 0 Å². The van der Waals surface area contributed by atoms with Crippen LogP contribution in [0.25, 0.3) is 27.1 Å². The Morgan fingerprint density at radius 3 is 1.46 bits per heavy atom. The molecular weight excluding hydrogens is 312 g/mol. The Bertz CT molecular complexity index is 1110. The van der Waals surface area contributed by atoms with Crippen molar-refractivity contribution in [1.29, 1.82) is 0 Å². The fourth-order valence-corrected chi connectivity index (χ4v) is 3.88. The summed E-state index contributed by atoms with van der Waals surface area (Å²) in [4.78, 5) is 0. The van der Waals surface area contributed by atoms with Gasteiger partial charge in [-0.15, -0.1) is 0 Å². The Morgan fingerprint density at radius 1 is 0.462 bits per heavy atom. The fraction of sp³-hybridized carbons (Fsp3) is 0. The SMILES string of the molecule is C1=CC(=C(c2cccc3ccccc23)c2cccc3ccccc23)C=C1. The smallest absolute Gasteiger partial charge is 0.00264 e. The van der Waals surface area contributed by atoms with Crippen molar-refractivity contribution >= 4 is 27.1 Å². The van der Waals surface area contributed by atoms with Gasteiger partial charge < -0.3 is 0 Å². The lowest BCUT2D eigenvalue weighted by atomic mass is 9.87. The average Bonchev–Trinajstić information content (AvgIpc) is 3.23. The second-order valence-corrected chi connectivity index (χ2v) is 6.60. The third kappa shape index (κ3) is 2.39. The molecule has 0 N–H and O–H groups in total. The van der Waals surface area contributed by atoms with E-state index in [0.717, 1.165) is 0 Å². The molecule has 0 unspecified atom stereocenters. The first kappa shape index (κ1) is 14.9. The minimum Gasteiger partial charge on any atom is -0.0616 e. The largest absolute Gasteiger partial charge is 0.0616 e. The third-order valence-electron chi connectivity index (χ3n) is 5.07. The molecule has 0 heterocycles. The van der Waals surface area contributed by atoms with Crippen molar-refractivity contribution in [3.8, 4) is 0 Å². The zero-order valence-electron chi connectivity index (χ0n) is 14.4. The summed E-state index contributed by atoms with van der Waals surface area (Å²) in [5.74, 6) is 0. The normalized spacial score (nSPS) is 13.0. The molecule has 0 radical (unpaired) electrons. The fourth-order valence-electron chi connectivity index (χ4n) is 3.88. The van der Waals surface area contributed by atoms with Crippen LogP contribution in [0, 0.1) is 0 Å². The van der Waals surface area contributed by atoms with Gasteiger partial charge in [-0.05, 0) is 43.8 Å². The lowest BCUT2D eigenvalue weighted by molar-refractivity contribution is 1.58. The highest BCUT2D eigenvalue weighted by molar-refractivity contribution is 6.05. The highest BCUT2D eigenvalue weighted by Crippen LogP contribution is 2.37. The van der Waals surface area contributed by atoms with Gasteiger partial charge in [-0.2, -0.15) is 0 Å². The molecule has 0 amide bonds. The maximum absolute atomic E-state index is 2.24. The molecule has 1 aliphatic carbocycles. The lowest BCUT2D eigenvalue weighted by Gasteiger charge is -2.16. The van der Waals surface area contributed by atoms with Crippen molar-refractivity contribution in [1.82, 2.24) is 0 Å². The van der Waals surface area contributed by atoms with E-state index in [2.05, 4.69) is 109 Å². The van der Waals surface area contributed by atoms with Crippen molar-refractivity contribution in [2.24, 2.45) is 0 Å². The molecule has 0 heteroatoms. The average molecular weight is 330 g/mol. The van der Waals surface area contributed by atoms with E-state index in [1.807, 2.05) is 0 Å². The molecule has 5 rings (SSSR count). The number of rotatable bonds is 2. The second-order valence-electron chi connectivity index (χ2n) is 6.60. The summed E-state index contributed by atoms with van der Waals surface area (Å²) in [6, 6.07) is 30.4. The van der Waals surface area contributed by atoms with Crippen molar-refractivity contribution in [3.05, 3.63) is 126 Å². The maximum atomic E-state index is 2.24. The molecule has 0 atom stereocenters. The Hall–Kier alpha value is -3.38. The van der Waals surface area contributed by atoms with Crippen LogP contribution in [0.3, 0.4) is 0 Å². The molecule has 0 saturated heterocycles. The van der Waals surface area contributed by atoms with Gasteiger partial charge in [0.2, 0.25) is 0 Å². The van der Waals surface area contributed by atoms with E-state index in [4.69, 9.17) is 0 Å². The first-order valence-corrected chi connectivity index (χ1v) is 8.97. The van der Waals surface area contributed by atoms with Crippen LogP contribution in [0.1, 0.15) is 11.1 Å². The molecule has 0 bridgehead atoms. The van der Waals surface area contributed by atoms with Crippen molar-refractivity contribution in [2.45, 2.75) is 0 Å². The van der Waals surface area contributed by atoms with Gasteiger partial charge >= 0.3 is 0 Å². The summed E-state index contributed by atoms with van der Waals surface area (Å²) in [5, 5.41) is 5.13. The number of hydrogen-bond acceptors (Lipinski definition) is 0. The van der Waals surface area contributed by atoms with E-state index in [1.54, 1.807) is 0 Å². The monoisotopic (exact) mass is 330 g/mol. The Labute approximate surface area is 153 Å². The van der Waals surface area contributed by atoms with Gasteiger partial charge in [-0.1, -0.05) is 109 Å². The van der Waals surface area contributed by atoms with Gasteiger partial charge in [0.1, 0.15) is 0 Å². The summed E-state index contributed by atoms with van der Waals surface area (Å²) in [7, 11) is 0. The van der Waals surface area contributed by atoms with Crippen LogP contribution < -0.4 is 0 Å². The minimum atomic E-state index is 1.26. The van der Waals surface area contributed by atoms with Gasteiger partial charge in [0.15, 0.2) is 0 Å². The van der Waals surface area contributed by atoms with Gasteiger partial charge in [-0.25, -0.2) is 0 Å². The number of benzene rings is 4. The van der Waals surface area contributed by atoms with Crippen LogP contribution in [0.2, 0.25) is 0 Å². The van der Waals surface area contributed by atoms with Crippen LogP contribution in [0.5, 0.6) is 0 Å². The van der Waals surface area contributed by atoms with Crippen LogP contribution in [0.4, 0.5) is 0 Å². The molecule has 0 spiro atoms. The second kappa shape index (κ2) is 6.16. The van der Waals surface area contributed by atoms with Crippen molar-refractivity contribution in [3.63, 3.8) is 0 Å². The molecule has 122 valence electrons. The molecule has 4 aromatic rings. The van der Waals surface area contributed by atoms with Gasteiger partial charge in [0.25, 0.3) is 0 Å². The summed E-state index contributed by atoms with van der Waals surface area (Å²) < 4.78 is 0. The van der Waals surface area contributed by atoms with E-state index < -0.39 is 0 Å². The van der Waals surface area contributed by atoms with E-state index in [-0.39, 0.29) is 0 Å². The number of hydrogen-bond donors (Lipinski definition) is 0. The summed E-state index contributed by atoms with van der Waals surface area (Å²) in [6.07, 6.45) is 8.65. The Balaban J connectivity index is 1.90. The molecule has 0 fully saturated rings.